The molecule has 0 aliphatic carbocycles. The Kier molecular flexibility index (Phi) is 5.18. The number of anilines is 1. The first-order chi connectivity index (χ1) is 14.0. The first kappa shape index (κ1) is 19.0. The summed E-state index contributed by atoms with van der Waals surface area (Å²) >= 11 is 0.945. The molecule has 0 radical (unpaired) electrons. The van der Waals surface area contributed by atoms with Gasteiger partial charge in [0.25, 0.3) is 11.1 Å². The number of hydrogen-bond donors (Lipinski definition) is 1. The molecule has 0 aromatic heterocycles. The minimum absolute atomic E-state index is 0.146. The number of thioether (sulfide) groups is 1. The third kappa shape index (κ3) is 4.07. The Hall–Kier alpha value is -3.38. The molecule has 1 aliphatic heterocycles. The third-order valence-electron chi connectivity index (χ3n) is 4.61. The minimum atomic E-state index is -0.293. The van der Waals surface area contributed by atoms with E-state index in [0.29, 0.717) is 10.6 Å². The Balaban J connectivity index is 1.55. The van der Waals surface area contributed by atoms with Gasteiger partial charge in [0.15, 0.2) is 0 Å². The van der Waals surface area contributed by atoms with Gasteiger partial charge in [-0.1, -0.05) is 54.6 Å². The summed E-state index contributed by atoms with van der Waals surface area (Å²) in [6, 6.07) is 20.9. The summed E-state index contributed by atoms with van der Waals surface area (Å²) in [5.41, 5.74) is 2.40. The van der Waals surface area contributed by atoms with Crippen LogP contribution in [0, 0.1) is 0 Å². The Morgan fingerprint density at radius 2 is 1.72 bits per heavy atom. The zero-order chi connectivity index (χ0) is 20.4. The van der Waals surface area contributed by atoms with Gasteiger partial charge in [-0.2, -0.15) is 0 Å². The Labute approximate surface area is 172 Å². The number of nitrogens with zero attached hydrogens (tertiary/aromatic N) is 1. The summed E-state index contributed by atoms with van der Waals surface area (Å²) in [6.45, 7) is 1.69. The zero-order valence-corrected chi connectivity index (χ0v) is 16.5. The second-order valence-electron chi connectivity index (χ2n) is 6.71. The van der Waals surface area contributed by atoms with Gasteiger partial charge in [-0.15, -0.1) is 0 Å². The van der Waals surface area contributed by atoms with E-state index >= 15 is 0 Å². The van der Waals surface area contributed by atoms with Crippen LogP contribution in [-0.4, -0.2) is 22.0 Å². The van der Waals surface area contributed by atoms with E-state index < -0.39 is 0 Å². The van der Waals surface area contributed by atoms with Gasteiger partial charge in [-0.3, -0.25) is 19.3 Å². The molecular weight excluding hydrogens is 384 g/mol. The number of imide groups is 1. The lowest BCUT2D eigenvalue weighted by Gasteiger charge is -2.14. The van der Waals surface area contributed by atoms with Gasteiger partial charge in [0.1, 0.15) is 0 Å². The molecule has 0 atom stereocenters. The SMILES string of the molecule is CC(=O)Nc1ccc(/C=C2\SC(=O)N(Cc3cccc4ccccc34)C2=O)cc1. The number of nitrogens with one attached hydrogen (secondary N) is 1. The summed E-state index contributed by atoms with van der Waals surface area (Å²) in [4.78, 5) is 38.1. The van der Waals surface area contributed by atoms with Crippen molar-refractivity contribution < 1.29 is 14.4 Å². The number of rotatable bonds is 4. The van der Waals surface area contributed by atoms with Crippen LogP contribution < -0.4 is 5.32 Å². The van der Waals surface area contributed by atoms with Crippen molar-refractivity contribution in [1.29, 1.82) is 0 Å². The van der Waals surface area contributed by atoms with Crippen LogP contribution in [0.4, 0.5) is 10.5 Å². The van der Waals surface area contributed by atoms with Crippen molar-refractivity contribution in [2.75, 3.05) is 5.32 Å². The molecule has 1 heterocycles. The fraction of sp³-hybridized carbons (Fsp3) is 0.0870. The van der Waals surface area contributed by atoms with E-state index in [-0.39, 0.29) is 23.6 Å². The van der Waals surface area contributed by atoms with Crippen molar-refractivity contribution in [1.82, 2.24) is 4.90 Å². The van der Waals surface area contributed by atoms with Crippen LogP contribution >= 0.6 is 11.8 Å². The lowest BCUT2D eigenvalue weighted by atomic mass is 10.0. The molecule has 144 valence electrons. The van der Waals surface area contributed by atoms with Crippen LogP contribution in [0.25, 0.3) is 16.8 Å². The maximum Gasteiger partial charge on any atom is 0.293 e. The third-order valence-corrected chi connectivity index (χ3v) is 5.52. The minimum Gasteiger partial charge on any atom is -0.326 e. The Morgan fingerprint density at radius 3 is 2.48 bits per heavy atom. The van der Waals surface area contributed by atoms with E-state index in [1.165, 1.54) is 11.8 Å². The molecule has 1 aliphatic rings. The molecule has 3 amide bonds. The van der Waals surface area contributed by atoms with E-state index in [0.717, 1.165) is 33.7 Å². The first-order valence-corrected chi connectivity index (χ1v) is 9.92. The summed E-state index contributed by atoms with van der Waals surface area (Å²) in [6.07, 6.45) is 1.70. The molecule has 3 aromatic carbocycles. The molecule has 0 saturated carbocycles. The molecule has 6 heteroatoms. The topological polar surface area (TPSA) is 66.5 Å². The van der Waals surface area contributed by atoms with Crippen LogP contribution in [0.3, 0.4) is 0 Å². The summed E-state index contributed by atoms with van der Waals surface area (Å²) in [5.74, 6) is -0.439. The van der Waals surface area contributed by atoms with Crippen LogP contribution in [0.1, 0.15) is 18.1 Å². The van der Waals surface area contributed by atoms with E-state index in [4.69, 9.17) is 0 Å². The summed E-state index contributed by atoms with van der Waals surface area (Å²) in [5, 5.41) is 4.53. The quantitative estimate of drug-likeness (QED) is 0.621. The van der Waals surface area contributed by atoms with Gasteiger partial charge in [0, 0.05) is 12.6 Å². The van der Waals surface area contributed by atoms with E-state index in [9.17, 15) is 14.4 Å². The molecule has 4 rings (SSSR count). The Morgan fingerprint density at radius 1 is 1.00 bits per heavy atom. The molecule has 0 unspecified atom stereocenters. The number of carbonyl (C=O) groups is 3. The zero-order valence-electron chi connectivity index (χ0n) is 15.7. The van der Waals surface area contributed by atoms with Crippen molar-refractivity contribution in [2.24, 2.45) is 0 Å². The average Bonchev–Trinajstić information content (AvgIpc) is 2.97. The molecule has 1 N–H and O–H groups in total. The fourth-order valence-electron chi connectivity index (χ4n) is 3.25. The van der Waals surface area contributed by atoms with E-state index in [1.807, 2.05) is 42.5 Å². The van der Waals surface area contributed by atoms with Crippen LogP contribution in [0.5, 0.6) is 0 Å². The van der Waals surface area contributed by atoms with Gasteiger partial charge in [-0.25, -0.2) is 0 Å². The molecule has 0 spiro atoms. The van der Waals surface area contributed by atoms with Crippen molar-refractivity contribution in [3.63, 3.8) is 0 Å². The molecule has 1 saturated heterocycles. The molecular formula is C23H18N2O3S. The van der Waals surface area contributed by atoms with Crippen LogP contribution in [-0.2, 0) is 16.1 Å². The highest BCUT2D eigenvalue weighted by Crippen LogP contribution is 2.34. The molecule has 0 bridgehead atoms. The molecule has 29 heavy (non-hydrogen) atoms. The largest absolute Gasteiger partial charge is 0.326 e. The maximum absolute atomic E-state index is 12.8. The number of fused-ring (bicyclic) bond motifs is 1. The standard InChI is InChI=1S/C23H18N2O3S/c1-15(26)24-19-11-9-16(10-12-19)13-21-22(27)25(23(28)29-21)14-18-7-4-6-17-5-2-3-8-20(17)18/h2-13H,14H2,1H3,(H,24,26)/b21-13-. The second-order valence-corrected chi connectivity index (χ2v) is 7.70. The van der Waals surface area contributed by atoms with Gasteiger partial charge in [-0.05, 0) is 51.9 Å². The predicted molar refractivity (Wildman–Crippen MR) is 116 cm³/mol. The van der Waals surface area contributed by atoms with Gasteiger partial charge in [0.2, 0.25) is 5.91 Å². The maximum atomic E-state index is 12.8. The highest BCUT2D eigenvalue weighted by Gasteiger charge is 2.35. The fourth-order valence-corrected chi connectivity index (χ4v) is 4.09. The predicted octanol–water partition coefficient (Wildman–Crippen LogP) is 5.03. The van der Waals surface area contributed by atoms with Crippen molar-refractivity contribution in [3.05, 3.63) is 82.8 Å². The second kappa shape index (κ2) is 7.93. The highest BCUT2D eigenvalue weighted by atomic mass is 32.2. The van der Waals surface area contributed by atoms with Crippen molar-refractivity contribution in [3.8, 4) is 0 Å². The van der Waals surface area contributed by atoms with Crippen molar-refractivity contribution >= 4 is 51.4 Å². The number of amides is 3. The summed E-state index contributed by atoms with van der Waals surface area (Å²) in [7, 11) is 0. The Bertz CT molecular complexity index is 1150. The van der Waals surface area contributed by atoms with Gasteiger partial charge in [0.05, 0.1) is 11.4 Å². The molecule has 5 nitrogen and oxygen atoms in total. The smallest absolute Gasteiger partial charge is 0.293 e. The van der Waals surface area contributed by atoms with E-state index in [1.54, 1.807) is 30.3 Å². The van der Waals surface area contributed by atoms with Gasteiger partial charge >= 0.3 is 0 Å². The van der Waals surface area contributed by atoms with Crippen LogP contribution in [0.15, 0.2) is 71.6 Å². The summed E-state index contributed by atoms with van der Waals surface area (Å²) < 4.78 is 0. The lowest BCUT2D eigenvalue weighted by Crippen LogP contribution is -2.27. The number of benzene rings is 3. The van der Waals surface area contributed by atoms with Gasteiger partial charge < -0.3 is 5.32 Å². The first-order valence-electron chi connectivity index (χ1n) is 9.11. The normalized spacial score (nSPS) is 15.3. The number of carbonyl (C=O) groups excluding carboxylic acids is 3. The lowest BCUT2D eigenvalue weighted by molar-refractivity contribution is -0.123. The monoisotopic (exact) mass is 402 g/mol. The molecule has 1 fully saturated rings. The van der Waals surface area contributed by atoms with E-state index in [2.05, 4.69) is 5.32 Å². The molecule has 3 aromatic rings. The van der Waals surface area contributed by atoms with Crippen LogP contribution in [0.2, 0.25) is 0 Å². The number of hydrogen-bond acceptors (Lipinski definition) is 4. The average molecular weight is 402 g/mol. The highest BCUT2D eigenvalue weighted by molar-refractivity contribution is 8.18. The van der Waals surface area contributed by atoms with Crippen molar-refractivity contribution in [2.45, 2.75) is 13.5 Å².